The fourth-order valence-electron chi connectivity index (χ4n) is 3.58. The van der Waals surface area contributed by atoms with Crippen molar-refractivity contribution < 1.29 is 8.42 Å². The average molecular weight is 305 g/mol. The predicted octanol–water partition coefficient (Wildman–Crippen LogP) is 2.95. The van der Waals surface area contributed by atoms with Crippen molar-refractivity contribution >= 4 is 9.84 Å². The maximum absolute atomic E-state index is 11.5. The Labute approximate surface area is 127 Å². The molecular weight excluding hydrogens is 282 g/mol. The van der Waals surface area contributed by atoms with Crippen LogP contribution in [0.5, 0.6) is 0 Å². The zero-order chi connectivity index (χ0) is 15.0. The lowest BCUT2D eigenvalue weighted by atomic mass is 9.93. The highest BCUT2D eigenvalue weighted by atomic mass is 32.2. The van der Waals surface area contributed by atoms with Crippen molar-refractivity contribution in [3.63, 3.8) is 0 Å². The van der Waals surface area contributed by atoms with Crippen molar-refractivity contribution in [3.8, 4) is 0 Å². The largest absolute Gasteiger partial charge is 0.310 e. The number of hydrogen-bond acceptors (Lipinski definition) is 3. The van der Waals surface area contributed by atoms with Gasteiger partial charge in [0.1, 0.15) is 0 Å². The fraction of sp³-hybridized carbons (Fsp3) is 0.529. The molecule has 0 heterocycles. The SMILES string of the molecule is C[C@H](NC[C@H]1C[C@H]2C=C[C@H]1C2)c1ccc(S(C)(=O)=O)cc1. The molecule has 0 aliphatic heterocycles. The van der Waals surface area contributed by atoms with Gasteiger partial charge in [0.15, 0.2) is 9.84 Å². The molecule has 4 atom stereocenters. The van der Waals surface area contributed by atoms with Gasteiger partial charge in [-0.1, -0.05) is 24.3 Å². The van der Waals surface area contributed by atoms with Gasteiger partial charge in [-0.2, -0.15) is 0 Å². The maximum atomic E-state index is 11.5. The number of benzene rings is 1. The van der Waals surface area contributed by atoms with Gasteiger partial charge >= 0.3 is 0 Å². The number of fused-ring (bicyclic) bond motifs is 2. The lowest BCUT2D eigenvalue weighted by molar-refractivity contribution is 0.393. The standard InChI is InChI=1S/C17H23NO2S/c1-12(14-5-7-17(8-6-14)21(2,19)20)18-11-16-10-13-3-4-15(16)9-13/h3-8,12-13,15-16,18H,9-11H2,1-2H3/t12-,13-,15-,16+/m0/s1. The van der Waals surface area contributed by atoms with E-state index in [9.17, 15) is 8.42 Å². The first-order chi connectivity index (χ1) is 9.93. The normalized spacial score (nSPS) is 29.0. The Kier molecular flexibility index (Phi) is 3.93. The summed E-state index contributed by atoms with van der Waals surface area (Å²) >= 11 is 0. The quantitative estimate of drug-likeness (QED) is 0.851. The molecule has 1 saturated carbocycles. The van der Waals surface area contributed by atoms with Crippen molar-refractivity contribution in [3.05, 3.63) is 42.0 Å². The highest BCUT2D eigenvalue weighted by molar-refractivity contribution is 7.90. The van der Waals surface area contributed by atoms with E-state index in [1.54, 1.807) is 12.1 Å². The molecule has 1 aromatic rings. The summed E-state index contributed by atoms with van der Waals surface area (Å²) in [5, 5.41) is 3.60. The highest BCUT2D eigenvalue weighted by Crippen LogP contribution is 2.43. The molecule has 4 heteroatoms. The van der Waals surface area contributed by atoms with Crippen LogP contribution < -0.4 is 5.32 Å². The third-order valence-corrected chi connectivity index (χ3v) is 6.04. The Morgan fingerprint density at radius 1 is 1.19 bits per heavy atom. The Balaban J connectivity index is 1.58. The summed E-state index contributed by atoms with van der Waals surface area (Å²) in [7, 11) is -3.10. The number of rotatable bonds is 5. The molecule has 1 N–H and O–H groups in total. The van der Waals surface area contributed by atoms with E-state index in [2.05, 4.69) is 24.4 Å². The van der Waals surface area contributed by atoms with Crippen LogP contribution in [-0.4, -0.2) is 21.2 Å². The lowest BCUT2D eigenvalue weighted by Crippen LogP contribution is -2.27. The first-order valence-corrected chi connectivity index (χ1v) is 9.54. The number of nitrogens with one attached hydrogen (secondary N) is 1. The van der Waals surface area contributed by atoms with Crippen LogP contribution in [0.3, 0.4) is 0 Å². The molecule has 2 aliphatic carbocycles. The molecule has 3 rings (SSSR count). The van der Waals surface area contributed by atoms with E-state index in [1.807, 2.05) is 12.1 Å². The summed E-state index contributed by atoms with van der Waals surface area (Å²) in [5.74, 6) is 2.34. The van der Waals surface area contributed by atoms with Gasteiger partial charge in [0, 0.05) is 12.3 Å². The first kappa shape index (κ1) is 14.8. The van der Waals surface area contributed by atoms with E-state index in [4.69, 9.17) is 0 Å². The molecule has 1 fully saturated rings. The molecule has 0 unspecified atom stereocenters. The molecule has 0 spiro atoms. The van der Waals surface area contributed by atoms with Gasteiger partial charge in [-0.25, -0.2) is 8.42 Å². The molecule has 1 aromatic carbocycles. The van der Waals surface area contributed by atoms with E-state index in [-0.39, 0.29) is 6.04 Å². The second kappa shape index (κ2) is 5.58. The van der Waals surface area contributed by atoms with Crippen LogP contribution in [0.15, 0.2) is 41.3 Å². The van der Waals surface area contributed by atoms with Crippen LogP contribution in [0.25, 0.3) is 0 Å². The number of hydrogen-bond donors (Lipinski definition) is 1. The molecule has 0 radical (unpaired) electrons. The smallest absolute Gasteiger partial charge is 0.175 e. The zero-order valence-corrected chi connectivity index (χ0v) is 13.4. The average Bonchev–Trinajstić information content (AvgIpc) is 3.06. The third kappa shape index (κ3) is 3.22. The van der Waals surface area contributed by atoms with E-state index in [0.717, 1.165) is 29.9 Å². The lowest BCUT2D eigenvalue weighted by Gasteiger charge is -2.22. The van der Waals surface area contributed by atoms with Crippen LogP contribution in [0.4, 0.5) is 0 Å². The van der Waals surface area contributed by atoms with Crippen molar-refractivity contribution in [1.82, 2.24) is 5.32 Å². The number of sulfone groups is 1. The van der Waals surface area contributed by atoms with E-state index < -0.39 is 9.84 Å². The summed E-state index contributed by atoms with van der Waals surface area (Å²) in [6.07, 6.45) is 8.64. The minimum atomic E-state index is -3.10. The summed E-state index contributed by atoms with van der Waals surface area (Å²) in [4.78, 5) is 0.386. The predicted molar refractivity (Wildman–Crippen MR) is 84.8 cm³/mol. The van der Waals surface area contributed by atoms with Crippen molar-refractivity contribution in [1.29, 1.82) is 0 Å². The number of allylic oxidation sites excluding steroid dienone is 2. The van der Waals surface area contributed by atoms with Crippen LogP contribution in [-0.2, 0) is 9.84 Å². The van der Waals surface area contributed by atoms with Crippen LogP contribution >= 0.6 is 0 Å². The van der Waals surface area contributed by atoms with Crippen molar-refractivity contribution in [2.75, 3.05) is 12.8 Å². The molecule has 2 bridgehead atoms. The Hall–Kier alpha value is -1.13. The van der Waals surface area contributed by atoms with Gasteiger partial charge in [-0.3, -0.25) is 0 Å². The Morgan fingerprint density at radius 3 is 2.43 bits per heavy atom. The van der Waals surface area contributed by atoms with E-state index in [0.29, 0.717) is 4.90 Å². The third-order valence-electron chi connectivity index (χ3n) is 4.91. The van der Waals surface area contributed by atoms with Crippen molar-refractivity contribution in [2.45, 2.75) is 30.7 Å². The fourth-order valence-corrected chi connectivity index (χ4v) is 4.21. The molecule has 2 aliphatic rings. The molecule has 0 amide bonds. The van der Waals surface area contributed by atoms with Gasteiger partial charge in [-0.05, 0) is 61.8 Å². The molecule has 21 heavy (non-hydrogen) atoms. The summed E-state index contributed by atoms with van der Waals surface area (Å²) in [5.41, 5.74) is 1.14. The second-order valence-corrected chi connectivity index (χ2v) is 8.53. The Morgan fingerprint density at radius 2 is 1.90 bits per heavy atom. The van der Waals surface area contributed by atoms with Gasteiger partial charge in [0.05, 0.1) is 4.90 Å². The van der Waals surface area contributed by atoms with Crippen LogP contribution in [0.1, 0.15) is 31.4 Å². The molecule has 0 aromatic heterocycles. The van der Waals surface area contributed by atoms with Gasteiger partial charge in [0.2, 0.25) is 0 Å². The molecule has 114 valence electrons. The minimum Gasteiger partial charge on any atom is -0.310 e. The summed E-state index contributed by atoms with van der Waals surface area (Å²) < 4.78 is 22.9. The van der Waals surface area contributed by atoms with E-state index in [1.165, 1.54) is 19.1 Å². The van der Waals surface area contributed by atoms with Gasteiger partial charge in [-0.15, -0.1) is 0 Å². The topological polar surface area (TPSA) is 46.2 Å². The highest BCUT2D eigenvalue weighted by Gasteiger charge is 2.35. The minimum absolute atomic E-state index is 0.252. The summed E-state index contributed by atoms with van der Waals surface area (Å²) in [6.45, 7) is 3.18. The first-order valence-electron chi connectivity index (χ1n) is 7.65. The summed E-state index contributed by atoms with van der Waals surface area (Å²) in [6, 6.07) is 7.47. The van der Waals surface area contributed by atoms with Crippen LogP contribution in [0, 0.1) is 17.8 Å². The molecular formula is C17H23NO2S. The van der Waals surface area contributed by atoms with Gasteiger partial charge < -0.3 is 5.32 Å². The molecule has 0 saturated heterocycles. The van der Waals surface area contributed by atoms with Crippen LogP contribution in [0.2, 0.25) is 0 Å². The Bertz CT molecular complexity index is 633. The maximum Gasteiger partial charge on any atom is 0.175 e. The monoisotopic (exact) mass is 305 g/mol. The van der Waals surface area contributed by atoms with Gasteiger partial charge in [0.25, 0.3) is 0 Å². The molecule has 3 nitrogen and oxygen atoms in total. The van der Waals surface area contributed by atoms with E-state index >= 15 is 0 Å². The second-order valence-electron chi connectivity index (χ2n) is 6.51. The zero-order valence-electron chi connectivity index (χ0n) is 12.6. The van der Waals surface area contributed by atoms with Crippen molar-refractivity contribution in [2.24, 2.45) is 17.8 Å².